The van der Waals surface area contributed by atoms with Crippen LogP contribution in [0.4, 0.5) is 22.7 Å². The van der Waals surface area contributed by atoms with E-state index in [-0.39, 0.29) is 5.91 Å². The van der Waals surface area contributed by atoms with Crippen molar-refractivity contribution in [2.75, 3.05) is 29.2 Å². The lowest BCUT2D eigenvalue weighted by molar-refractivity contribution is -0.113. The van der Waals surface area contributed by atoms with Gasteiger partial charge in [-0.15, -0.1) is 0 Å². The standard InChI is InChI=1S/C24H21N3OS2/c1-26(2)20-12-8-17(9-13-20)16-22-23(28)27(24(29)30-22)21-14-10-19(11-15-21)25-18-6-4-3-5-7-18/h3-16,25H,1-2H3/b22-16-. The second-order valence-electron chi connectivity index (χ2n) is 7.04. The molecule has 1 amide bonds. The highest BCUT2D eigenvalue weighted by Gasteiger charge is 2.33. The Morgan fingerprint density at radius 2 is 1.53 bits per heavy atom. The minimum atomic E-state index is -0.0922. The van der Waals surface area contributed by atoms with Crippen LogP contribution in [0.15, 0.2) is 83.8 Å². The Morgan fingerprint density at radius 1 is 0.900 bits per heavy atom. The highest BCUT2D eigenvalue weighted by atomic mass is 32.2. The minimum Gasteiger partial charge on any atom is -0.378 e. The summed E-state index contributed by atoms with van der Waals surface area (Å²) in [6.45, 7) is 0. The molecule has 0 aromatic heterocycles. The summed E-state index contributed by atoms with van der Waals surface area (Å²) in [6.07, 6.45) is 1.89. The van der Waals surface area contributed by atoms with Crippen LogP contribution >= 0.6 is 24.0 Å². The molecule has 6 heteroatoms. The summed E-state index contributed by atoms with van der Waals surface area (Å²) in [5.74, 6) is -0.0922. The van der Waals surface area contributed by atoms with E-state index in [1.54, 1.807) is 4.90 Å². The summed E-state index contributed by atoms with van der Waals surface area (Å²) in [6, 6.07) is 25.7. The first-order chi connectivity index (χ1) is 14.5. The van der Waals surface area contributed by atoms with Gasteiger partial charge in [0.2, 0.25) is 0 Å². The zero-order valence-electron chi connectivity index (χ0n) is 16.7. The third kappa shape index (κ3) is 4.40. The number of thiocarbonyl (C=S) groups is 1. The molecular formula is C24H21N3OS2. The first kappa shape index (κ1) is 20.2. The number of para-hydroxylation sites is 1. The number of benzene rings is 3. The van der Waals surface area contributed by atoms with Gasteiger partial charge >= 0.3 is 0 Å². The molecule has 30 heavy (non-hydrogen) atoms. The zero-order valence-corrected chi connectivity index (χ0v) is 18.3. The van der Waals surface area contributed by atoms with Crippen LogP contribution in [-0.4, -0.2) is 24.3 Å². The van der Waals surface area contributed by atoms with Gasteiger partial charge < -0.3 is 10.2 Å². The molecule has 1 aliphatic heterocycles. The summed E-state index contributed by atoms with van der Waals surface area (Å²) in [7, 11) is 4.00. The molecule has 1 heterocycles. The Kier molecular flexibility index (Phi) is 5.88. The van der Waals surface area contributed by atoms with Crippen molar-refractivity contribution in [1.29, 1.82) is 0 Å². The molecule has 3 aromatic rings. The van der Waals surface area contributed by atoms with Crippen molar-refractivity contribution in [2.45, 2.75) is 0 Å². The summed E-state index contributed by atoms with van der Waals surface area (Å²) in [5, 5.41) is 3.34. The predicted octanol–water partition coefficient (Wildman–Crippen LogP) is 5.90. The van der Waals surface area contributed by atoms with E-state index in [0.717, 1.165) is 28.3 Å². The monoisotopic (exact) mass is 431 g/mol. The smallest absolute Gasteiger partial charge is 0.270 e. The second-order valence-corrected chi connectivity index (χ2v) is 8.72. The van der Waals surface area contributed by atoms with Gasteiger partial charge in [0.25, 0.3) is 5.91 Å². The van der Waals surface area contributed by atoms with E-state index in [1.807, 2.05) is 104 Å². The number of rotatable bonds is 5. The molecule has 1 aliphatic rings. The Labute approximate surface area is 186 Å². The quantitative estimate of drug-likeness (QED) is 0.402. The number of hydrogen-bond donors (Lipinski definition) is 1. The van der Waals surface area contributed by atoms with Gasteiger partial charge in [-0.1, -0.05) is 54.3 Å². The summed E-state index contributed by atoms with van der Waals surface area (Å²) >= 11 is 6.82. The van der Waals surface area contributed by atoms with Crippen LogP contribution in [0.3, 0.4) is 0 Å². The average Bonchev–Trinajstić information content (AvgIpc) is 3.03. The number of amides is 1. The van der Waals surface area contributed by atoms with Gasteiger partial charge in [0, 0.05) is 31.2 Å². The third-order valence-electron chi connectivity index (χ3n) is 4.69. The van der Waals surface area contributed by atoms with Gasteiger partial charge in [0.05, 0.1) is 10.6 Å². The van der Waals surface area contributed by atoms with E-state index < -0.39 is 0 Å². The van der Waals surface area contributed by atoms with Gasteiger partial charge in [0.15, 0.2) is 4.32 Å². The number of nitrogens with one attached hydrogen (secondary N) is 1. The van der Waals surface area contributed by atoms with Gasteiger partial charge in [-0.3, -0.25) is 9.69 Å². The van der Waals surface area contributed by atoms with Crippen molar-refractivity contribution in [3.05, 3.63) is 89.3 Å². The molecule has 0 unspecified atom stereocenters. The number of nitrogens with zero attached hydrogens (tertiary/aromatic N) is 2. The molecule has 0 radical (unpaired) electrons. The number of thioether (sulfide) groups is 1. The van der Waals surface area contributed by atoms with E-state index in [9.17, 15) is 4.79 Å². The molecule has 4 nitrogen and oxygen atoms in total. The first-order valence-corrected chi connectivity index (χ1v) is 10.7. The van der Waals surface area contributed by atoms with Crippen molar-refractivity contribution < 1.29 is 4.79 Å². The van der Waals surface area contributed by atoms with Gasteiger partial charge in [-0.05, 0) is 60.2 Å². The van der Waals surface area contributed by atoms with E-state index in [4.69, 9.17) is 12.2 Å². The fourth-order valence-electron chi connectivity index (χ4n) is 3.09. The van der Waals surface area contributed by atoms with E-state index in [2.05, 4.69) is 5.32 Å². The maximum atomic E-state index is 13.0. The van der Waals surface area contributed by atoms with Gasteiger partial charge in [0.1, 0.15) is 0 Å². The summed E-state index contributed by atoms with van der Waals surface area (Å²) in [5.41, 5.74) is 4.82. The number of hydrogen-bond acceptors (Lipinski definition) is 5. The highest BCUT2D eigenvalue weighted by molar-refractivity contribution is 8.27. The van der Waals surface area contributed by atoms with Crippen molar-refractivity contribution in [1.82, 2.24) is 0 Å². The molecule has 0 spiro atoms. The molecule has 1 saturated heterocycles. The summed E-state index contributed by atoms with van der Waals surface area (Å²) < 4.78 is 0.542. The molecule has 0 atom stereocenters. The van der Waals surface area contributed by atoms with Crippen molar-refractivity contribution in [3.8, 4) is 0 Å². The van der Waals surface area contributed by atoms with Gasteiger partial charge in [-0.25, -0.2) is 0 Å². The molecule has 0 bridgehead atoms. The zero-order chi connectivity index (χ0) is 21.1. The van der Waals surface area contributed by atoms with Crippen LogP contribution in [0, 0.1) is 0 Å². The molecule has 0 saturated carbocycles. The van der Waals surface area contributed by atoms with Crippen molar-refractivity contribution in [2.24, 2.45) is 0 Å². The normalized spacial score (nSPS) is 15.0. The third-order valence-corrected chi connectivity index (χ3v) is 5.99. The molecule has 4 rings (SSSR count). The van der Waals surface area contributed by atoms with E-state index in [1.165, 1.54) is 11.8 Å². The highest BCUT2D eigenvalue weighted by Crippen LogP contribution is 2.36. The molecule has 1 fully saturated rings. The van der Waals surface area contributed by atoms with Crippen molar-refractivity contribution in [3.63, 3.8) is 0 Å². The summed E-state index contributed by atoms with van der Waals surface area (Å²) in [4.78, 5) is 17.3. The van der Waals surface area contributed by atoms with Gasteiger partial charge in [-0.2, -0.15) is 0 Å². The van der Waals surface area contributed by atoms with Crippen LogP contribution < -0.4 is 15.1 Å². The molecule has 0 aliphatic carbocycles. The lowest BCUT2D eigenvalue weighted by Crippen LogP contribution is -2.27. The van der Waals surface area contributed by atoms with E-state index >= 15 is 0 Å². The topological polar surface area (TPSA) is 35.6 Å². The van der Waals surface area contributed by atoms with Crippen molar-refractivity contribution >= 4 is 63.0 Å². The number of anilines is 4. The maximum Gasteiger partial charge on any atom is 0.270 e. The molecule has 1 N–H and O–H groups in total. The second kappa shape index (κ2) is 8.73. The number of carbonyl (C=O) groups excluding carboxylic acids is 1. The molecular weight excluding hydrogens is 410 g/mol. The Balaban J connectivity index is 1.51. The molecule has 3 aromatic carbocycles. The lowest BCUT2D eigenvalue weighted by Gasteiger charge is -2.15. The largest absolute Gasteiger partial charge is 0.378 e. The Hall–Kier alpha value is -3.09. The predicted molar refractivity (Wildman–Crippen MR) is 133 cm³/mol. The van der Waals surface area contributed by atoms with Crippen LogP contribution in [0.2, 0.25) is 0 Å². The van der Waals surface area contributed by atoms with Crippen LogP contribution in [0.5, 0.6) is 0 Å². The maximum absolute atomic E-state index is 13.0. The van der Waals surface area contributed by atoms with E-state index in [0.29, 0.717) is 9.23 Å². The Morgan fingerprint density at radius 3 is 2.17 bits per heavy atom. The van der Waals surface area contributed by atoms with Crippen LogP contribution in [0.25, 0.3) is 6.08 Å². The minimum absolute atomic E-state index is 0.0922. The molecule has 150 valence electrons. The Bertz CT molecular complexity index is 1090. The van der Waals surface area contributed by atoms with Crippen LogP contribution in [-0.2, 0) is 4.79 Å². The van der Waals surface area contributed by atoms with Crippen LogP contribution in [0.1, 0.15) is 5.56 Å². The first-order valence-electron chi connectivity index (χ1n) is 9.49. The fourth-order valence-corrected chi connectivity index (χ4v) is 4.39. The fraction of sp³-hybridized carbons (Fsp3) is 0.0833. The average molecular weight is 432 g/mol. The number of carbonyl (C=O) groups is 1. The SMILES string of the molecule is CN(C)c1ccc(/C=C2\SC(=S)N(c3ccc(Nc4ccccc4)cc3)C2=O)cc1. The lowest BCUT2D eigenvalue weighted by atomic mass is 10.2.